The smallest absolute Gasteiger partial charge is 0.310 e. The van der Waals surface area contributed by atoms with E-state index in [2.05, 4.69) is 32.8 Å². The number of fused-ring (bicyclic) bond motifs is 2. The van der Waals surface area contributed by atoms with Crippen LogP contribution in [0.1, 0.15) is 12.0 Å². The number of carboxylic acid groups (broad SMARTS) is 1. The molecular formula is C29H30BrN5O6. The Balaban J connectivity index is 1.43. The number of hydrogen-bond donors (Lipinski definition) is 2. The Hall–Kier alpha value is -3.61. The molecule has 2 N–H and O–H groups in total. The summed E-state index contributed by atoms with van der Waals surface area (Å²) < 4.78 is 8.00. The van der Waals surface area contributed by atoms with E-state index in [9.17, 15) is 24.6 Å². The SMILES string of the molecule is C=CCN(Cn1nnc2ccccc21)C(=O)[C@H]1N([C@@H](CO)Cc2ccccc2)C(=O)[C@@H]2[C@@H](C(=O)O)[C@@H]3O[C@@]21CC3Br. The Kier molecular flexibility index (Phi) is 7.16. The third kappa shape index (κ3) is 4.36. The molecule has 3 fully saturated rings. The van der Waals surface area contributed by atoms with Crippen molar-refractivity contribution in [3.05, 3.63) is 72.8 Å². The summed E-state index contributed by atoms with van der Waals surface area (Å²) >= 11 is 3.57. The van der Waals surface area contributed by atoms with Gasteiger partial charge >= 0.3 is 5.97 Å². The van der Waals surface area contributed by atoms with Gasteiger partial charge in [0.1, 0.15) is 23.8 Å². The number of aromatic nitrogens is 3. The van der Waals surface area contributed by atoms with Gasteiger partial charge < -0.3 is 24.7 Å². The monoisotopic (exact) mass is 623 g/mol. The van der Waals surface area contributed by atoms with Crippen molar-refractivity contribution in [1.29, 1.82) is 0 Å². The predicted molar refractivity (Wildman–Crippen MR) is 151 cm³/mol. The Bertz CT molecular complexity index is 1500. The number of nitrogens with zero attached hydrogens (tertiary/aromatic N) is 5. The van der Waals surface area contributed by atoms with Crippen LogP contribution in [0.15, 0.2) is 67.3 Å². The lowest BCUT2D eigenvalue weighted by atomic mass is 9.70. The Labute approximate surface area is 244 Å². The van der Waals surface area contributed by atoms with Gasteiger partial charge in [-0.25, -0.2) is 4.68 Å². The number of hydrogen-bond acceptors (Lipinski definition) is 7. The van der Waals surface area contributed by atoms with Crippen molar-refractivity contribution in [3.8, 4) is 0 Å². The Morgan fingerprint density at radius 1 is 1.22 bits per heavy atom. The number of alkyl halides is 1. The highest BCUT2D eigenvalue weighted by molar-refractivity contribution is 9.09. The van der Waals surface area contributed by atoms with Gasteiger partial charge in [0, 0.05) is 11.4 Å². The van der Waals surface area contributed by atoms with Gasteiger partial charge in [-0.1, -0.05) is 69.7 Å². The van der Waals surface area contributed by atoms with Crippen LogP contribution in [-0.4, -0.2) is 94.6 Å². The summed E-state index contributed by atoms with van der Waals surface area (Å²) in [4.78, 5) is 43.9. The zero-order chi connectivity index (χ0) is 28.9. The first-order valence-electron chi connectivity index (χ1n) is 13.5. The van der Waals surface area contributed by atoms with E-state index in [1.54, 1.807) is 10.8 Å². The van der Waals surface area contributed by atoms with Gasteiger partial charge in [-0.3, -0.25) is 14.4 Å². The maximum atomic E-state index is 14.6. The summed E-state index contributed by atoms with van der Waals surface area (Å²) in [5.41, 5.74) is 0.897. The third-order valence-electron chi connectivity index (χ3n) is 8.55. The zero-order valence-corrected chi connectivity index (χ0v) is 23.7. The number of aliphatic hydroxyl groups is 1. The Morgan fingerprint density at radius 3 is 2.66 bits per heavy atom. The van der Waals surface area contributed by atoms with E-state index in [1.807, 2.05) is 54.6 Å². The van der Waals surface area contributed by atoms with Crippen molar-refractivity contribution in [2.75, 3.05) is 13.2 Å². The van der Waals surface area contributed by atoms with Crippen LogP contribution in [0.4, 0.5) is 0 Å². The van der Waals surface area contributed by atoms with Crippen molar-refractivity contribution in [3.63, 3.8) is 0 Å². The normalized spacial score (nSPS) is 29.1. The number of likely N-dealkylation sites (tertiary alicyclic amines) is 1. The highest BCUT2D eigenvalue weighted by Gasteiger charge is 2.77. The van der Waals surface area contributed by atoms with Crippen LogP contribution in [0, 0.1) is 11.8 Å². The number of aliphatic hydroxyl groups excluding tert-OH is 1. The molecule has 2 aromatic carbocycles. The fourth-order valence-electron chi connectivity index (χ4n) is 6.89. The van der Waals surface area contributed by atoms with E-state index in [4.69, 9.17) is 4.74 Å². The molecule has 6 rings (SSSR count). The summed E-state index contributed by atoms with van der Waals surface area (Å²) in [5.74, 6) is -4.25. The fraction of sp³-hybridized carbons (Fsp3) is 0.414. The second-order valence-corrected chi connectivity index (χ2v) is 12.0. The first kappa shape index (κ1) is 27.6. The van der Waals surface area contributed by atoms with Gasteiger partial charge in [0.2, 0.25) is 11.8 Å². The molecular weight excluding hydrogens is 594 g/mol. The van der Waals surface area contributed by atoms with Crippen LogP contribution >= 0.6 is 15.9 Å². The van der Waals surface area contributed by atoms with E-state index in [0.717, 1.165) is 11.1 Å². The lowest BCUT2D eigenvalue weighted by molar-refractivity contribution is -0.154. The maximum Gasteiger partial charge on any atom is 0.310 e. The third-order valence-corrected chi connectivity index (χ3v) is 9.40. The van der Waals surface area contributed by atoms with Crippen molar-refractivity contribution in [2.24, 2.45) is 11.8 Å². The number of benzene rings is 2. The number of aliphatic carboxylic acids is 1. The molecule has 2 bridgehead atoms. The first-order valence-corrected chi connectivity index (χ1v) is 14.4. The molecule has 0 aliphatic carbocycles. The summed E-state index contributed by atoms with van der Waals surface area (Å²) in [6, 6.07) is 14.8. The van der Waals surface area contributed by atoms with E-state index in [-0.39, 0.29) is 30.9 Å². The molecule has 41 heavy (non-hydrogen) atoms. The molecule has 12 heteroatoms. The van der Waals surface area contributed by atoms with Gasteiger partial charge in [0.15, 0.2) is 0 Å². The van der Waals surface area contributed by atoms with Crippen molar-refractivity contribution in [1.82, 2.24) is 24.8 Å². The summed E-state index contributed by atoms with van der Waals surface area (Å²) in [6.07, 6.45) is 1.39. The highest BCUT2D eigenvalue weighted by atomic mass is 79.9. The van der Waals surface area contributed by atoms with Gasteiger partial charge in [-0.15, -0.1) is 11.7 Å². The van der Waals surface area contributed by atoms with E-state index < -0.39 is 60.0 Å². The standard InChI is InChI=1S/C29H30BrN5O6/c1-2-12-33(16-34-21-11-7-6-10-20(21)31-32-34)27(38)25-29-14-19(30)24(41-29)22(28(39)40)23(29)26(37)35(25)18(15-36)13-17-8-4-3-5-9-17/h2-11,18-19,22-25,36H,1,12-16H2,(H,39,40)/t18-,19?,22-,23+,24-,25-,29+/m1/s1. The molecule has 7 atom stereocenters. The second-order valence-electron chi connectivity index (χ2n) is 10.8. The van der Waals surface area contributed by atoms with E-state index in [0.29, 0.717) is 5.52 Å². The van der Waals surface area contributed by atoms with Crippen LogP contribution in [0.3, 0.4) is 0 Å². The number of para-hydroxylation sites is 1. The Morgan fingerprint density at radius 2 is 1.95 bits per heavy atom. The van der Waals surface area contributed by atoms with Gasteiger partial charge in [-0.05, 0) is 30.5 Å². The van der Waals surface area contributed by atoms with Crippen molar-refractivity contribution >= 4 is 44.7 Å². The van der Waals surface area contributed by atoms with Gasteiger partial charge in [0.25, 0.3) is 0 Å². The molecule has 0 saturated carbocycles. The number of rotatable bonds is 10. The van der Waals surface area contributed by atoms with E-state index >= 15 is 0 Å². The van der Waals surface area contributed by atoms with E-state index in [1.165, 1.54) is 9.80 Å². The number of ether oxygens (including phenoxy) is 1. The molecule has 3 aliphatic heterocycles. The molecule has 214 valence electrons. The van der Waals surface area contributed by atoms with Crippen LogP contribution in [0.5, 0.6) is 0 Å². The highest BCUT2D eigenvalue weighted by Crippen LogP contribution is 2.60. The average molecular weight is 624 g/mol. The lowest BCUT2D eigenvalue weighted by Crippen LogP contribution is -2.59. The predicted octanol–water partition coefficient (Wildman–Crippen LogP) is 1.84. The number of carbonyl (C=O) groups excluding carboxylic acids is 2. The lowest BCUT2D eigenvalue weighted by Gasteiger charge is -2.39. The summed E-state index contributed by atoms with van der Waals surface area (Å²) in [6.45, 7) is 3.57. The largest absolute Gasteiger partial charge is 0.481 e. The average Bonchev–Trinajstić information content (AvgIpc) is 3.69. The van der Waals surface area contributed by atoms with Gasteiger partial charge in [0.05, 0.1) is 36.1 Å². The van der Waals surface area contributed by atoms with Crippen LogP contribution in [0.2, 0.25) is 0 Å². The molecule has 11 nitrogen and oxygen atoms in total. The van der Waals surface area contributed by atoms with Crippen LogP contribution < -0.4 is 0 Å². The number of carbonyl (C=O) groups is 3. The molecule has 1 unspecified atom stereocenters. The molecule has 4 heterocycles. The first-order chi connectivity index (χ1) is 19.8. The topological polar surface area (TPSA) is 138 Å². The molecule has 3 saturated heterocycles. The molecule has 1 spiro atoms. The second kappa shape index (κ2) is 10.7. The number of carboxylic acids is 1. The number of amides is 2. The minimum atomic E-state index is -1.37. The zero-order valence-electron chi connectivity index (χ0n) is 22.1. The van der Waals surface area contributed by atoms with Crippen molar-refractivity contribution < 1.29 is 29.3 Å². The minimum Gasteiger partial charge on any atom is -0.481 e. The molecule has 0 radical (unpaired) electrons. The number of halogens is 1. The maximum absolute atomic E-state index is 14.6. The van der Waals surface area contributed by atoms with Crippen LogP contribution in [-0.2, 0) is 32.2 Å². The molecule has 2 amide bonds. The summed E-state index contributed by atoms with van der Waals surface area (Å²) in [7, 11) is 0. The van der Waals surface area contributed by atoms with Crippen LogP contribution in [0.25, 0.3) is 11.0 Å². The summed E-state index contributed by atoms with van der Waals surface area (Å²) in [5, 5.41) is 29.2. The van der Waals surface area contributed by atoms with Crippen molar-refractivity contribution in [2.45, 2.75) is 48.1 Å². The molecule has 3 aromatic rings. The quantitative estimate of drug-likeness (QED) is 0.258. The molecule has 1 aromatic heterocycles. The van der Waals surface area contributed by atoms with Gasteiger partial charge in [-0.2, -0.15) is 0 Å². The fourth-order valence-corrected chi connectivity index (χ4v) is 7.83. The minimum absolute atomic E-state index is 0.0245. The molecule has 3 aliphatic rings.